The summed E-state index contributed by atoms with van der Waals surface area (Å²) in [4.78, 5) is 4.06. The molecule has 1 aliphatic rings. The standard InChI is InChI=1S/C14H23N3O3S/c1-3-12(10-20-2)17-21(18,19)14-7-4-11(9-16-14)8-15-13-5-6-13/h4,7,9,12-13,15,17H,3,5-6,8,10H2,1-2H3. The van der Waals surface area contributed by atoms with Gasteiger partial charge in [0.1, 0.15) is 0 Å². The summed E-state index contributed by atoms with van der Waals surface area (Å²) in [5.74, 6) is 0. The second-order valence-electron chi connectivity index (χ2n) is 5.34. The van der Waals surface area contributed by atoms with Crippen molar-refractivity contribution in [1.29, 1.82) is 0 Å². The maximum Gasteiger partial charge on any atom is 0.258 e. The molecular weight excluding hydrogens is 290 g/mol. The zero-order chi connectivity index (χ0) is 15.3. The van der Waals surface area contributed by atoms with Gasteiger partial charge in [-0.25, -0.2) is 18.1 Å². The van der Waals surface area contributed by atoms with Crippen LogP contribution in [0.3, 0.4) is 0 Å². The van der Waals surface area contributed by atoms with E-state index in [0.29, 0.717) is 19.1 Å². The van der Waals surface area contributed by atoms with Crippen molar-refractivity contribution in [2.24, 2.45) is 0 Å². The van der Waals surface area contributed by atoms with Crippen LogP contribution in [0, 0.1) is 0 Å². The smallest absolute Gasteiger partial charge is 0.258 e. The lowest BCUT2D eigenvalue weighted by Gasteiger charge is -2.15. The summed E-state index contributed by atoms with van der Waals surface area (Å²) in [7, 11) is -2.04. The van der Waals surface area contributed by atoms with Crippen LogP contribution in [-0.2, 0) is 21.3 Å². The van der Waals surface area contributed by atoms with Gasteiger partial charge in [0.05, 0.1) is 6.61 Å². The quantitative estimate of drug-likeness (QED) is 0.712. The topological polar surface area (TPSA) is 80.3 Å². The minimum Gasteiger partial charge on any atom is -0.383 e. The molecule has 0 radical (unpaired) electrons. The highest BCUT2D eigenvalue weighted by Gasteiger charge is 2.21. The van der Waals surface area contributed by atoms with Crippen LogP contribution in [0.25, 0.3) is 0 Å². The number of pyridine rings is 1. The Balaban J connectivity index is 1.98. The first-order valence-electron chi connectivity index (χ1n) is 7.24. The number of methoxy groups -OCH3 is 1. The van der Waals surface area contributed by atoms with Gasteiger partial charge in [0.25, 0.3) is 10.0 Å². The fraction of sp³-hybridized carbons (Fsp3) is 0.643. The Kier molecular flexibility index (Phi) is 5.69. The molecule has 0 saturated heterocycles. The van der Waals surface area contributed by atoms with Gasteiger partial charge >= 0.3 is 0 Å². The van der Waals surface area contributed by atoms with Gasteiger partial charge in [-0.15, -0.1) is 0 Å². The highest BCUT2D eigenvalue weighted by Crippen LogP contribution is 2.19. The first kappa shape index (κ1) is 16.4. The van der Waals surface area contributed by atoms with Gasteiger partial charge in [-0.2, -0.15) is 0 Å². The number of sulfonamides is 1. The molecule has 0 spiro atoms. The fourth-order valence-corrected chi connectivity index (χ4v) is 3.17. The number of nitrogens with one attached hydrogen (secondary N) is 2. The Labute approximate surface area is 126 Å². The summed E-state index contributed by atoms with van der Waals surface area (Å²) in [6.45, 7) is 2.98. The largest absolute Gasteiger partial charge is 0.383 e. The van der Waals surface area contributed by atoms with Crippen molar-refractivity contribution < 1.29 is 13.2 Å². The molecule has 1 aromatic heterocycles. The SMILES string of the molecule is CCC(COC)NS(=O)(=O)c1ccc(CNC2CC2)cn1. The van der Waals surface area contributed by atoms with Crippen molar-refractivity contribution in [1.82, 2.24) is 15.0 Å². The van der Waals surface area contributed by atoms with Crippen LogP contribution in [0.1, 0.15) is 31.7 Å². The maximum atomic E-state index is 12.2. The summed E-state index contributed by atoms with van der Waals surface area (Å²) in [6, 6.07) is 3.73. The number of aromatic nitrogens is 1. The monoisotopic (exact) mass is 313 g/mol. The predicted octanol–water partition coefficient (Wildman–Crippen LogP) is 1.04. The lowest BCUT2D eigenvalue weighted by atomic mass is 10.3. The molecule has 2 N–H and O–H groups in total. The van der Waals surface area contributed by atoms with Gasteiger partial charge in [-0.1, -0.05) is 13.0 Å². The van der Waals surface area contributed by atoms with E-state index in [-0.39, 0.29) is 11.1 Å². The van der Waals surface area contributed by atoms with Crippen LogP contribution >= 0.6 is 0 Å². The van der Waals surface area contributed by atoms with E-state index >= 15 is 0 Å². The Morgan fingerprint density at radius 1 is 1.43 bits per heavy atom. The second kappa shape index (κ2) is 7.31. The minimum atomic E-state index is -3.59. The Morgan fingerprint density at radius 2 is 2.19 bits per heavy atom. The summed E-state index contributed by atoms with van der Waals surface area (Å²) < 4.78 is 32.0. The number of hydrogen-bond donors (Lipinski definition) is 2. The molecule has 6 nitrogen and oxygen atoms in total. The third-order valence-electron chi connectivity index (χ3n) is 3.43. The third kappa shape index (κ3) is 5.03. The normalized spacial score (nSPS) is 16.9. The van der Waals surface area contributed by atoms with E-state index in [4.69, 9.17) is 4.74 Å². The van der Waals surface area contributed by atoms with Crippen molar-refractivity contribution in [3.8, 4) is 0 Å². The molecule has 1 aromatic rings. The molecule has 1 aliphatic carbocycles. The Morgan fingerprint density at radius 3 is 2.71 bits per heavy atom. The van der Waals surface area contributed by atoms with Crippen molar-refractivity contribution in [2.45, 2.75) is 49.8 Å². The molecule has 7 heteroatoms. The first-order chi connectivity index (χ1) is 10.0. The summed E-state index contributed by atoms with van der Waals surface area (Å²) >= 11 is 0. The van der Waals surface area contributed by atoms with Gasteiger partial charge in [0.2, 0.25) is 0 Å². The van der Waals surface area contributed by atoms with E-state index in [2.05, 4.69) is 15.0 Å². The predicted molar refractivity (Wildman–Crippen MR) is 80.4 cm³/mol. The summed E-state index contributed by atoms with van der Waals surface area (Å²) in [6.07, 6.45) is 4.72. The highest BCUT2D eigenvalue weighted by atomic mass is 32.2. The molecule has 2 rings (SSSR count). The van der Waals surface area contributed by atoms with Crippen LogP contribution in [0.2, 0.25) is 0 Å². The minimum absolute atomic E-state index is 0.0484. The fourth-order valence-electron chi connectivity index (χ4n) is 1.94. The average Bonchev–Trinajstić information content (AvgIpc) is 3.29. The second-order valence-corrected chi connectivity index (χ2v) is 7.00. The van der Waals surface area contributed by atoms with E-state index < -0.39 is 10.0 Å². The molecule has 0 amide bonds. The Bertz CT molecular complexity index is 541. The van der Waals surface area contributed by atoms with Crippen LogP contribution in [0.15, 0.2) is 23.4 Å². The zero-order valence-electron chi connectivity index (χ0n) is 12.5. The van der Waals surface area contributed by atoms with E-state index in [1.165, 1.54) is 12.8 Å². The number of rotatable bonds is 9. The lowest BCUT2D eigenvalue weighted by molar-refractivity contribution is 0.173. The number of nitrogens with zero attached hydrogens (tertiary/aromatic N) is 1. The average molecular weight is 313 g/mol. The van der Waals surface area contributed by atoms with E-state index in [1.807, 2.05) is 6.92 Å². The van der Waals surface area contributed by atoms with Crippen molar-refractivity contribution in [3.05, 3.63) is 23.9 Å². The molecule has 1 atom stereocenters. The summed E-state index contributed by atoms with van der Waals surface area (Å²) in [5.41, 5.74) is 0.991. The molecule has 1 heterocycles. The lowest BCUT2D eigenvalue weighted by Crippen LogP contribution is -2.37. The van der Waals surface area contributed by atoms with E-state index in [0.717, 1.165) is 12.1 Å². The van der Waals surface area contributed by atoms with Gasteiger partial charge in [-0.05, 0) is 30.9 Å². The first-order valence-corrected chi connectivity index (χ1v) is 8.73. The van der Waals surface area contributed by atoms with E-state index in [1.54, 1.807) is 25.4 Å². The molecule has 1 unspecified atom stereocenters. The number of ether oxygens (including phenoxy) is 1. The maximum absolute atomic E-state index is 12.2. The van der Waals surface area contributed by atoms with E-state index in [9.17, 15) is 8.42 Å². The van der Waals surface area contributed by atoms with Gasteiger partial charge < -0.3 is 10.1 Å². The molecule has 21 heavy (non-hydrogen) atoms. The van der Waals surface area contributed by atoms with Gasteiger partial charge in [0.15, 0.2) is 5.03 Å². The van der Waals surface area contributed by atoms with Crippen LogP contribution in [-0.4, -0.2) is 39.2 Å². The number of hydrogen-bond acceptors (Lipinski definition) is 5. The molecule has 0 aliphatic heterocycles. The molecule has 1 saturated carbocycles. The molecule has 0 bridgehead atoms. The summed E-state index contributed by atoms with van der Waals surface area (Å²) in [5, 5.41) is 3.42. The van der Waals surface area contributed by atoms with Gasteiger partial charge in [0, 0.05) is 31.9 Å². The molecular formula is C14H23N3O3S. The van der Waals surface area contributed by atoms with Crippen molar-refractivity contribution in [3.63, 3.8) is 0 Å². The molecule has 0 aromatic carbocycles. The van der Waals surface area contributed by atoms with Crippen molar-refractivity contribution >= 4 is 10.0 Å². The zero-order valence-corrected chi connectivity index (χ0v) is 13.3. The van der Waals surface area contributed by atoms with Gasteiger partial charge in [-0.3, -0.25) is 0 Å². The van der Waals surface area contributed by atoms with Crippen LogP contribution < -0.4 is 10.0 Å². The molecule has 1 fully saturated rings. The van der Waals surface area contributed by atoms with Crippen LogP contribution in [0.4, 0.5) is 0 Å². The van der Waals surface area contributed by atoms with Crippen LogP contribution in [0.5, 0.6) is 0 Å². The molecule has 118 valence electrons. The Hall–Kier alpha value is -1.02. The highest BCUT2D eigenvalue weighted by molar-refractivity contribution is 7.89. The third-order valence-corrected chi connectivity index (χ3v) is 4.86. The van der Waals surface area contributed by atoms with Crippen molar-refractivity contribution in [2.75, 3.05) is 13.7 Å².